The van der Waals surface area contributed by atoms with Crippen LogP contribution in [-0.4, -0.2) is 13.0 Å². The van der Waals surface area contributed by atoms with Crippen molar-refractivity contribution in [3.05, 3.63) is 108 Å². The van der Waals surface area contributed by atoms with Crippen LogP contribution in [-0.2, 0) is 0 Å². The summed E-state index contributed by atoms with van der Waals surface area (Å²) in [6.07, 6.45) is -0.190. The first-order chi connectivity index (χ1) is 14.7. The summed E-state index contributed by atoms with van der Waals surface area (Å²) in [5.41, 5.74) is 2.60. The first-order valence-corrected chi connectivity index (χ1v) is 11.4. The van der Waals surface area contributed by atoms with Gasteiger partial charge in [0.1, 0.15) is 6.17 Å². The number of fused-ring (bicyclic) bond motifs is 1. The van der Waals surface area contributed by atoms with Crippen LogP contribution < -0.4 is 9.80 Å². The lowest BCUT2D eigenvalue weighted by atomic mass is 10.0. The maximum absolute atomic E-state index is 13.5. The molecule has 3 aromatic carbocycles. The predicted molar refractivity (Wildman–Crippen MR) is 126 cm³/mol. The summed E-state index contributed by atoms with van der Waals surface area (Å²) in [5, 5.41) is 0. The van der Waals surface area contributed by atoms with Gasteiger partial charge < -0.3 is 4.90 Å². The molecule has 1 atom stereocenters. The van der Waals surface area contributed by atoms with Crippen molar-refractivity contribution in [2.45, 2.75) is 15.3 Å². The molecule has 1 aliphatic heterocycles. The summed E-state index contributed by atoms with van der Waals surface area (Å²) < 4.78 is 1.21. The van der Waals surface area contributed by atoms with E-state index in [0.717, 1.165) is 21.8 Å². The maximum atomic E-state index is 13.5. The zero-order chi connectivity index (χ0) is 20.5. The van der Waals surface area contributed by atoms with Crippen LogP contribution in [0.4, 0.5) is 11.4 Å². The highest BCUT2D eigenvalue weighted by molar-refractivity contribution is 8.01. The number of carbonyl (C=O) groups is 1. The van der Waals surface area contributed by atoms with Crippen molar-refractivity contribution in [1.82, 2.24) is 0 Å². The van der Waals surface area contributed by atoms with Crippen LogP contribution in [0.25, 0.3) is 0 Å². The molecule has 30 heavy (non-hydrogen) atoms. The minimum Gasteiger partial charge on any atom is -0.349 e. The lowest BCUT2D eigenvalue weighted by molar-refractivity contribution is 0.0970. The fourth-order valence-corrected chi connectivity index (χ4v) is 6.08. The molecule has 0 N–H and O–H groups in total. The Labute approximate surface area is 184 Å². The lowest BCUT2D eigenvalue weighted by Gasteiger charge is -2.43. The maximum Gasteiger partial charge on any atom is 0.262 e. The molecular weight excluding hydrogens is 408 g/mol. The summed E-state index contributed by atoms with van der Waals surface area (Å²) in [4.78, 5) is 20.0. The quantitative estimate of drug-likeness (QED) is 0.362. The standard InChI is InChI=1S/C25H20N2OS2/c1-26-21-15-9-8-14-20(21)25(28)27(18-10-4-2-5-11-18)24(26)22-16-17-23(30-22)29-19-12-6-3-7-13-19/h2-17,24H,1H3. The molecule has 148 valence electrons. The molecular formula is C25H20N2OS2. The van der Waals surface area contributed by atoms with Crippen molar-refractivity contribution in [3.63, 3.8) is 0 Å². The molecule has 0 radical (unpaired) electrons. The fourth-order valence-electron chi connectivity index (χ4n) is 3.81. The Hall–Kier alpha value is -3.02. The highest BCUT2D eigenvalue weighted by Gasteiger charge is 2.38. The number of anilines is 2. The summed E-state index contributed by atoms with van der Waals surface area (Å²) in [5.74, 6) is 0.0329. The van der Waals surface area contributed by atoms with Gasteiger partial charge in [-0.3, -0.25) is 9.69 Å². The average molecular weight is 429 g/mol. The number of nitrogens with zero attached hydrogens (tertiary/aromatic N) is 2. The molecule has 1 aromatic heterocycles. The molecule has 5 heteroatoms. The molecule has 0 bridgehead atoms. The van der Waals surface area contributed by atoms with E-state index in [4.69, 9.17) is 0 Å². The second-order valence-electron chi connectivity index (χ2n) is 7.08. The summed E-state index contributed by atoms with van der Waals surface area (Å²) in [6.45, 7) is 0. The van der Waals surface area contributed by atoms with Crippen LogP contribution in [0, 0.1) is 0 Å². The topological polar surface area (TPSA) is 23.6 Å². The molecule has 0 saturated heterocycles. The highest BCUT2D eigenvalue weighted by Crippen LogP contribution is 2.44. The largest absolute Gasteiger partial charge is 0.349 e. The van der Waals surface area contributed by atoms with Crippen molar-refractivity contribution >= 4 is 40.4 Å². The molecule has 0 fully saturated rings. The van der Waals surface area contributed by atoms with Crippen LogP contribution in [0.2, 0.25) is 0 Å². The van der Waals surface area contributed by atoms with Crippen molar-refractivity contribution in [2.24, 2.45) is 0 Å². The Kier molecular flexibility index (Phi) is 5.07. The Morgan fingerprint density at radius 3 is 2.23 bits per heavy atom. The zero-order valence-electron chi connectivity index (χ0n) is 16.4. The Morgan fingerprint density at radius 2 is 1.47 bits per heavy atom. The van der Waals surface area contributed by atoms with Gasteiger partial charge in [0.25, 0.3) is 5.91 Å². The molecule has 0 aliphatic carbocycles. The van der Waals surface area contributed by atoms with Gasteiger partial charge in [0.2, 0.25) is 0 Å². The van der Waals surface area contributed by atoms with Gasteiger partial charge in [-0.15, -0.1) is 11.3 Å². The second-order valence-corrected chi connectivity index (χ2v) is 9.57. The van der Waals surface area contributed by atoms with Gasteiger partial charge in [-0.2, -0.15) is 0 Å². The number of amides is 1. The minimum atomic E-state index is -0.190. The van der Waals surface area contributed by atoms with E-state index in [9.17, 15) is 4.79 Å². The van der Waals surface area contributed by atoms with Crippen molar-refractivity contribution in [2.75, 3.05) is 16.8 Å². The molecule has 3 nitrogen and oxygen atoms in total. The van der Waals surface area contributed by atoms with Crippen molar-refractivity contribution in [3.8, 4) is 0 Å². The number of carbonyl (C=O) groups excluding carboxylic acids is 1. The Morgan fingerprint density at radius 1 is 0.800 bits per heavy atom. The number of rotatable bonds is 4. The van der Waals surface area contributed by atoms with Gasteiger partial charge in [-0.25, -0.2) is 0 Å². The molecule has 0 saturated carbocycles. The second kappa shape index (κ2) is 8.01. The molecule has 1 amide bonds. The lowest BCUT2D eigenvalue weighted by Crippen LogP contribution is -2.47. The Bertz CT molecular complexity index is 1170. The molecule has 4 aromatic rings. The van der Waals surface area contributed by atoms with Gasteiger partial charge in [0.05, 0.1) is 15.5 Å². The molecule has 2 heterocycles. The monoisotopic (exact) mass is 428 g/mol. The molecule has 0 spiro atoms. The van der Waals surface area contributed by atoms with Crippen LogP contribution in [0.5, 0.6) is 0 Å². The minimum absolute atomic E-state index is 0.0329. The summed E-state index contributed by atoms with van der Waals surface area (Å²) in [6, 6.07) is 32.4. The zero-order valence-corrected chi connectivity index (χ0v) is 18.1. The fraction of sp³-hybridized carbons (Fsp3) is 0.0800. The smallest absolute Gasteiger partial charge is 0.262 e. The first-order valence-electron chi connectivity index (χ1n) is 9.75. The first kappa shape index (κ1) is 19.0. The predicted octanol–water partition coefficient (Wildman–Crippen LogP) is 6.69. The van der Waals surface area contributed by atoms with Crippen LogP contribution in [0.3, 0.4) is 0 Å². The number of thiophene rings is 1. The number of para-hydroxylation sites is 2. The van der Waals surface area contributed by atoms with E-state index in [2.05, 4.69) is 48.3 Å². The van der Waals surface area contributed by atoms with E-state index < -0.39 is 0 Å². The number of hydrogen-bond donors (Lipinski definition) is 0. The van der Waals surface area contributed by atoms with E-state index in [1.54, 1.807) is 23.1 Å². The van der Waals surface area contributed by atoms with Crippen molar-refractivity contribution < 1.29 is 4.79 Å². The Balaban J connectivity index is 1.57. The number of benzene rings is 3. The van der Waals surface area contributed by atoms with Gasteiger partial charge in [0.15, 0.2) is 0 Å². The molecule has 1 unspecified atom stereocenters. The van der Waals surface area contributed by atoms with Gasteiger partial charge in [0, 0.05) is 22.5 Å². The summed E-state index contributed by atoms with van der Waals surface area (Å²) >= 11 is 3.49. The van der Waals surface area contributed by atoms with E-state index >= 15 is 0 Å². The molecule has 1 aliphatic rings. The third-order valence-corrected chi connectivity index (χ3v) is 7.46. The van der Waals surface area contributed by atoms with Crippen LogP contribution in [0.1, 0.15) is 21.4 Å². The van der Waals surface area contributed by atoms with Gasteiger partial charge in [-0.1, -0.05) is 60.3 Å². The SMILES string of the molecule is CN1c2ccccc2C(=O)N(c2ccccc2)C1c1ccc(Sc2ccccc2)s1. The third kappa shape index (κ3) is 3.40. The number of hydrogen-bond acceptors (Lipinski definition) is 4. The highest BCUT2D eigenvalue weighted by atomic mass is 32.2. The van der Waals surface area contributed by atoms with E-state index in [-0.39, 0.29) is 12.1 Å². The molecule has 5 rings (SSSR count). The summed E-state index contributed by atoms with van der Waals surface area (Å²) in [7, 11) is 2.07. The normalized spacial score (nSPS) is 15.9. The van der Waals surface area contributed by atoms with E-state index in [1.165, 1.54) is 9.10 Å². The van der Waals surface area contributed by atoms with Crippen LogP contribution >= 0.6 is 23.1 Å². The van der Waals surface area contributed by atoms with Gasteiger partial charge in [-0.05, 0) is 48.5 Å². The van der Waals surface area contributed by atoms with Crippen molar-refractivity contribution in [1.29, 1.82) is 0 Å². The van der Waals surface area contributed by atoms with E-state index in [1.807, 2.05) is 65.6 Å². The van der Waals surface area contributed by atoms with Gasteiger partial charge >= 0.3 is 0 Å². The third-order valence-electron chi connectivity index (χ3n) is 5.20. The van der Waals surface area contributed by atoms with Crippen LogP contribution in [0.15, 0.2) is 106 Å². The average Bonchev–Trinajstić information content (AvgIpc) is 3.25. The van der Waals surface area contributed by atoms with E-state index in [0.29, 0.717) is 0 Å².